The fourth-order valence-electron chi connectivity index (χ4n) is 2.31. The Morgan fingerprint density at radius 2 is 2.25 bits per heavy atom. The van der Waals surface area contributed by atoms with Crippen LogP contribution in [-0.4, -0.2) is 39.5 Å². The van der Waals surface area contributed by atoms with E-state index in [0.29, 0.717) is 18.5 Å². The maximum absolute atomic E-state index is 13.3. The van der Waals surface area contributed by atoms with Crippen LogP contribution < -0.4 is 5.73 Å². The van der Waals surface area contributed by atoms with Crippen molar-refractivity contribution >= 4 is 11.7 Å². The number of nitro groups is 1. The van der Waals surface area contributed by atoms with E-state index in [1.807, 2.05) is 0 Å². The maximum Gasteiger partial charge on any atom is 0.325 e. The number of carbonyl (C=O) groups is 1. The molecule has 0 aliphatic carbocycles. The second-order valence-corrected chi connectivity index (χ2v) is 5.00. The van der Waals surface area contributed by atoms with E-state index < -0.39 is 22.2 Å². The summed E-state index contributed by atoms with van der Waals surface area (Å²) in [6.07, 6.45) is 0.291. The minimum absolute atomic E-state index is 0.132. The molecule has 8 heteroatoms. The standard InChI is InChI=1S/C12H14FN3O4/c13-9-3-8(4-10(5-9)16(19)20)6-15-2-1-12(14,7-15)11(17)18/h3-5H,1-2,6-7,14H2,(H,17,18). The lowest BCUT2D eigenvalue weighted by atomic mass is 10.0. The van der Waals surface area contributed by atoms with Crippen molar-refractivity contribution in [1.29, 1.82) is 0 Å². The maximum atomic E-state index is 13.3. The van der Waals surface area contributed by atoms with Crippen molar-refractivity contribution in [2.75, 3.05) is 13.1 Å². The van der Waals surface area contributed by atoms with Gasteiger partial charge in [0, 0.05) is 25.7 Å². The van der Waals surface area contributed by atoms with Crippen LogP contribution >= 0.6 is 0 Å². The van der Waals surface area contributed by atoms with Gasteiger partial charge in [0.15, 0.2) is 0 Å². The number of carboxylic acids is 1. The number of aliphatic carboxylic acids is 1. The molecule has 2 rings (SSSR count). The molecule has 0 saturated carbocycles. The summed E-state index contributed by atoms with van der Waals surface area (Å²) in [5.74, 6) is -1.77. The first-order valence-corrected chi connectivity index (χ1v) is 5.99. The van der Waals surface area contributed by atoms with Gasteiger partial charge in [-0.25, -0.2) is 4.39 Å². The van der Waals surface area contributed by atoms with E-state index in [1.54, 1.807) is 4.90 Å². The molecule has 1 aliphatic heterocycles. The molecule has 20 heavy (non-hydrogen) atoms. The van der Waals surface area contributed by atoms with E-state index in [9.17, 15) is 19.3 Å². The van der Waals surface area contributed by atoms with E-state index in [1.165, 1.54) is 12.1 Å². The van der Waals surface area contributed by atoms with Crippen LogP contribution in [0.15, 0.2) is 18.2 Å². The molecule has 1 heterocycles. The Morgan fingerprint density at radius 3 is 2.80 bits per heavy atom. The summed E-state index contributed by atoms with van der Waals surface area (Å²) in [4.78, 5) is 22.8. The number of nitrogens with two attached hydrogens (primary N) is 1. The molecule has 0 amide bonds. The van der Waals surface area contributed by atoms with E-state index in [0.717, 1.165) is 6.07 Å². The van der Waals surface area contributed by atoms with Crippen molar-refractivity contribution in [2.24, 2.45) is 5.73 Å². The number of nitro benzene ring substituents is 1. The van der Waals surface area contributed by atoms with E-state index in [4.69, 9.17) is 10.8 Å². The van der Waals surface area contributed by atoms with Crippen molar-refractivity contribution in [3.63, 3.8) is 0 Å². The van der Waals surface area contributed by atoms with E-state index in [2.05, 4.69) is 0 Å². The largest absolute Gasteiger partial charge is 0.480 e. The van der Waals surface area contributed by atoms with Crippen LogP contribution in [0.1, 0.15) is 12.0 Å². The van der Waals surface area contributed by atoms with Gasteiger partial charge in [0.05, 0.1) is 11.0 Å². The number of nitrogens with zero attached hydrogens (tertiary/aromatic N) is 2. The number of likely N-dealkylation sites (tertiary alicyclic amines) is 1. The van der Waals surface area contributed by atoms with Gasteiger partial charge in [-0.15, -0.1) is 0 Å². The van der Waals surface area contributed by atoms with Crippen LogP contribution in [0.4, 0.5) is 10.1 Å². The zero-order valence-electron chi connectivity index (χ0n) is 10.6. The molecule has 1 aliphatic rings. The van der Waals surface area contributed by atoms with Gasteiger partial charge >= 0.3 is 5.97 Å². The van der Waals surface area contributed by atoms with E-state index >= 15 is 0 Å². The Kier molecular flexibility index (Phi) is 3.69. The summed E-state index contributed by atoms with van der Waals surface area (Å²) in [6, 6.07) is 3.32. The summed E-state index contributed by atoms with van der Waals surface area (Å²) in [7, 11) is 0. The van der Waals surface area contributed by atoms with Gasteiger partial charge < -0.3 is 10.8 Å². The lowest BCUT2D eigenvalue weighted by Gasteiger charge is -2.20. The molecule has 0 bridgehead atoms. The summed E-state index contributed by atoms with van der Waals surface area (Å²) in [6.45, 7) is 0.810. The Hall–Kier alpha value is -2.06. The highest BCUT2D eigenvalue weighted by Crippen LogP contribution is 2.23. The fourth-order valence-corrected chi connectivity index (χ4v) is 2.31. The molecule has 1 unspecified atom stereocenters. The lowest BCUT2D eigenvalue weighted by molar-refractivity contribution is -0.385. The number of carboxylic acid groups (broad SMARTS) is 1. The van der Waals surface area contributed by atoms with Gasteiger partial charge in [0.1, 0.15) is 11.4 Å². The summed E-state index contributed by atoms with van der Waals surface area (Å²) in [5.41, 5.74) is 4.52. The molecule has 3 N–H and O–H groups in total. The lowest BCUT2D eigenvalue weighted by Crippen LogP contribution is -2.50. The Labute approximate surface area is 113 Å². The fraction of sp³-hybridized carbons (Fsp3) is 0.417. The zero-order valence-corrected chi connectivity index (χ0v) is 10.6. The number of rotatable bonds is 4. The Morgan fingerprint density at radius 1 is 1.55 bits per heavy atom. The first kappa shape index (κ1) is 14.4. The predicted octanol–water partition coefficient (Wildman–Crippen LogP) is 0.722. The average molecular weight is 283 g/mol. The van der Waals surface area contributed by atoms with Crippen molar-refractivity contribution < 1.29 is 19.2 Å². The first-order chi connectivity index (χ1) is 9.30. The third-order valence-corrected chi connectivity index (χ3v) is 3.37. The molecular formula is C12H14FN3O4. The number of hydrogen-bond acceptors (Lipinski definition) is 5. The van der Waals surface area contributed by atoms with E-state index in [-0.39, 0.29) is 18.8 Å². The molecule has 0 spiro atoms. The highest BCUT2D eigenvalue weighted by molar-refractivity contribution is 5.79. The van der Waals surface area contributed by atoms with Crippen LogP contribution in [0.2, 0.25) is 0 Å². The number of non-ortho nitro benzene ring substituents is 1. The van der Waals surface area contributed by atoms with Crippen LogP contribution in [0.25, 0.3) is 0 Å². The number of halogens is 1. The summed E-state index contributed by atoms with van der Waals surface area (Å²) < 4.78 is 13.3. The minimum atomic E-state index is -1.31. The van der Waals surface area contributed by atoms with Gasteiger partial charge in [0.25, 0.3) is 5.69 Å². The first-order valence-electron chi connectivity index (χ1n) is 5.99. The average Bonchev–Trinajstić information content (AvgIpc) is 2.71. The van der Waals surface area contributed by atoms with Crippen molar-refractivity contribution in [3.8, 4) is 0 Å². The third-order valence-electron chi connectivity index (χ3n) is 3.37. The molecule has 1 aromatic rings. The van der Waals surface area contributed by atoms with Crippen molar-refractivity contribution in [1.82, 2.24) is 4.90 Å². The molecule has 1 saturated heterocycles. The molecule has 0 aromatic heterocycles. The molecule has 1 fully saturated rings. The Bertz CT molecular complexity index is 566. The van der Waals surface area contributed by atoms with Crippen LogP contribution in [0, 0.1) is 15.9 Å². The normalized spacial score (nSPS) is 22.9. The second-order valence-electron chi connectivity index (χ2n) is 5.00. The van der Waals surface area contributed by atoms with Gasteiger partial charge in [-0.05, 0) is 18.1 Å². The SMILES string of the molecule is NC1(C(=O)O)CCN(Cc2cc(F)cc([N+](=O)[O-])c2)C1. The number of benzene rings is 1. The second kappa shape index (κ2) is 5.14. The van der Waals surface area contributed by atoms with Crippen molar-refractivity contribution in [2.45, 2.75) is 18.5 Å². The highest BCUT2D eigenvalue weighted by atomic mass is 19.1. The molecule has 7 nitrogen and oxygen atoms in total. The highest BCUT2D eigenvalue weighted by Gasteiger charge is 2.41. The van der Waals surface area contributed by atoms with Crippen LogP contribution in [0.3, 0.4) is 0 Å². The molecule has 108 valence electrons. The zero-order chi connectivity index (χ0) is 14.9. The minimum Gasteiger partial charge on any atom is -0.480 e. The van der Waals surface area contributed by atoms with Gasteiger partial charge in [-0.3, -0.25) is 19.8 Å². The third kappa shape index (κ3) is 2.91. The van der Waals surface area contributed by atoms with Gasteiger partial charge in [-0.2, -0.15) is 0 Å². The quantitative estimate of drug-likeness (QED) is 0.622. The summed E-state index contributed by atoms with van der Waals surface area (Å²) in [5, 5.41) is 19.7. The smallest absolute Gasteiger partial charge is 0.325 e. The van der Waals surface area contributed by atoms with Gasteiger partial charge in [0.2, 0.25) is 0 Å². The van der Waals surface area contributed by atoms with Crippen LogP contribution in [-0.2, 0) is 11.3 Å². The Balaban J connectivity index is 2.12. The number of hydrogen-bond donors (Lipinski definition) is 2. The monoisotopic (exact) mass is 283 g/mol. The molecule has 0 radical (unpaired) electrons. The molecule has 1 aromatic carbocycles. The summed E-state index contributed by atoms with van der Waals surface area (Å²) >= 11 is 0. The van der Waals surface area contributed by atoms with Gasteiger partial charge in [-0.1, -0.05) is 0 Å². The molecule has 1 atom stereocenters. The topological polar surface area (TPSA) is 110 Å². The predicted molar refractivity (Wildman–Crippen MR) is 67.5 cm³/mol. The van der Waals surface area contributed by atoms with Crippen LogP contribution in [0.5, 0.6) is 0 Å². The van der Waals surface area contributed by atoms with Crippen molar-refractivity contribution in [3.05, 3.63) is 39.7 Å². The molecular weight excluding hydrogens is 269 g/mol.